The zero-order valence-corrected chi connectivity index (χ0v) is 20.4. The summed E-state index contributed by atoms with van der Waals surface area (Å²) in [5.74, 6) is -2.22. The van der Waals surface area contributed by atoms with Gasteiger partial charge in [-0.2, -0.15) is 0 Å². The average Bonchev–Trinajstić information content (AvgIpc) is 3.09. The van der Waals surface area contributed by atoms with Crippen LogP contribution in [0.2, 0.25) is 0 Å². The smallest absolute Gasteiger partial charge is 0.291 e. The van der Waals surface area contributed by atoms with E-state index in [9.17, 15) is 19.5 Å². The Morgan fingerprint density at radius 2 is 1.76 bits per heavy atom. The number of aromatic hydroxyl groups is 1. The zero-order valence-electron chi connectivity index (χ0n) is 20.4. The number of amides is 1. The van der Waals surface area contributed by atoms with Crippen LogP contribution in [0, 0.1) is 12.8 Å². The van der Waals surface area contributed by atoms with Gasteiger partial charge in [-0.05, 0) is 62.2 Å². The third-order valence-electron chi connectivity index (χ3n) is 6.64. The summed E-state index contributed by atoms with van der Waals surface area (Å²) in [5.41, 5.74) is 1.60. The van der Waals surface area contributed by atoms with E-state index in [0.717, 1.165) is 13.1 Å². The van der Waals surface area contributed by atoms with Crippen molar-refractivity contribution in [2.24, 2.45) is 5.92 Å². The first-order valence-corrected chi connectivity index (χ1v) is 11.5. The number of rotatable bonds is 10. The highest BCUT2D eigenvalue weighted by molar-refractivity contribution is 6.44. The van der Waals surface area contributed by atoms with Crippen LogP contribution in [0.25, 0.3) is 0 Å². The van der Waals surface area contributed by atoms with Gasteiger partial charge < -0.3 is 24.4 Å². The Morgan fingerprint density at radius 3 is 2.35 bits per heavy atom. The molecule has 1 saturated heterocycles. The Labute approximate surface area is 200 Å². The number of ether oxygens (including phenoxy) is 2. The number of Topliss-reactive ketones (excluding diaryl/α,β-unsaturated/α-hetero) is 2. The number of phenolic OH excluding ortho intramolecular Hbond substituents is 1. The van der Waals surface area contributed by atoms with Crippen molar-refractivity contribution in [2.45, 2.75) is 26.8 Å². The van der Waals surface area contributed by atoms with E-state index in [0.29, 0.717) is 35.5 Å². The van der Waals surface area contributed by atoms with E-state index in [1.54, 1.807) is 44.4 Å². The molecule has 2 unspecified atom stereocenters. The van der Waals surface area contributed by atoms with Crippen molar-refractivity contribution in [1.29, 1.82) is 0 Å². The molecule has 2 atom stereocenters. The van der Waals surface area contributed by atoms with E-state index in [4.69, 9.17) is 9.47 Å². The summed E-state index contributed by atoms with van der Waals surface area (Å²) in [4.78, 5) is 42.9. The SMILES string of the molecule is CC[NH+](CC)CCN1C(=O)C(=O)C(C(=O)c2ccc(OC)cc2C)C1c1ccc(O)c(OC)c1. The summed E-state index contributed by atoms with van der Waals surface area (Å²) in [6, 6.07) is 8.91. The Bertz CT molecular complexity index is 1080. The van der Waals surface area contributed by atoms with Crippen LogP contribution in [0.15, 0.2) is 36.4 Å². The van der Waals surface area contributed by atoms with Gasteiger partial charge in [0.05, 0.1) is 46.4 Å². The molecule has 0 saturated carbocycles. The number of methoxy groups -OCH3 is 2. The Hall–Kier alpha value is -3.39. The molecule has 0 bridgehead atoms. The average molecular weight is 470 g/mol. The van der Waals surface area contributed by atoms with E-state index in [1.807, 2.05) is 0 Å². The van der Waals surface area contributed by atoms with Crippen LogP contribution in [0.1, 0.15) is 41.4 Å². The van der Waals surface area contributed by atoms with Crippen molar-refractivity contribution in [3.63, 3.8) is 0 Å². The highest BCUT2D eigenvalue weighted by atomic mass is 16.5. The predicted octanol–water partition coefficient (Wildman–Crippen LogP) is 1.59. The van der Waals surface area contributed by atoms with Crippen molar-refractivity contribution in [2.75, 3.05) is 40.4 Å². The zero-order chi connectivity index (χ0) is 25.0. The molecule has 0 radical (unpaired) electrons. The van der Waals surface area contributed by atoms with Gasteiger partial charge in [0.15, 0.2) is 17.3 Å². The van der Waals surface area contributed by atoms with Crippen molar-refractivity contribution < 1.29 is 33.9 Å². The Kier molecular flexibility index (Phi) is 7.94. The lowest BCUT2D eigenvalue weighted by molar-refractivity contribution is -0.895. The monoisotopic (exact) mass is 469 g/mol. The summed E-state index contributed by atoms with van der Waals surface area (Å²) >= 11 is 0. The highest BCUT2D eigenvalue weighted by Crippen LogP contribution is 2.41. The number of nitrogens with zero attached hydrogens (tertiary/aromatic N) is 1. The number of quaternary nitrogens is 1. The molecule has 8 heteroatoms. The maximum absolute atomic E-state index is 13.7. The number of likely N-dealkylation sites (tertiary alicyclic amines) is 1. The number of ketones is 2. The first-order chi connectivity index (χ1) is 16.3. The summed E-state index contributed by atoms with van der Waals surface area (Å²) in [5, 5.41) is 10.1. The first kappa shape index (κ1) is 25.2. The van der Waals surface area contributed by atoms with E-state index in [1.165, 1.54) is 23.0 Å². The number of benzene rings is 2. The second-order valence-electron chi connectivity index (χ2n) is 8.47. The number of hydrogen-bond acceptors (Lipinski definition) is 6. The third kappa shape index (κ3) is 4.77. The first-order valence-electron chi connectivity index (χ1n) is 11.5. The summed E-state index contributed by atoms with van der Waals surface area (Å²) in [7, 11) is 2.97. The number of phenols is 1. The van der Waals surface area contributed by atoms with Gasteiger partial charge in [0.2, 0.25) is 5.78 Å². The minimum atomic E-state index is -1.19. The number of likely N-dealkylation sites (N-methyl/N-ethyl adjacent to an activating group) is 1. The maximum atomic E-state index is 13.7. The molecule has 1 heterocycles. The summed E-state index contributed by atoms with van der Waals surface area (Å²) < 4.78 is 10.5. The number of carbonyl (C=O) groups is 3. The minimum absolute atomic E-state index is 0.0603. The molecule has 0 aliphatic carbocycles. The summed E-state index contributed by atoms with van der Waals surface area (Å²) in [6.45, 7) is 8.67. The molecule has 2 aromatic rings. The maximum Gasteiger partial charge on any atom is 0.291 e. The molecule has 0 aromatic heterocycles. The van der Waals surface area contributed by atoms with Gasteiger partial charge >= 0.3 is 0 Å². The van der Waals surface area contributed by atoms with Gasteiger partial charge in [-0.1, -0.05) is 6.07 Å². The molecule has 2 N–H and O–H groups in total. The van der Waals surface area contributed by atoms with Crippen LogP contribution in [0.3, 0.4) is 0 Å². The lowest BCUT2D eigenvalue weighted by Crippen LogP contribution is -3.12. The Morgan fingerprint density at radius 1 is 1.06 bits per heavy atom. The predicted molar refractivity (Wildman–Crippen MR) is 127 cm³/mol. The molecule has 2 aromatic carbocycles. The fraction of sp³-hybridized carbons (Fsp3) is 0.423. The van der Waals surface area contributed by atoms with Crippen LogP contribution in [0.5, 0.6) is 17.2 Å². The fourth-order valence-electron chi connectivity index (χ4n) is 4.57. The molecule has 0 spiro atoms. The topological polar surface area (TPSA) is 97.6 Å². The lowest BCUT2D eigenvalue weighted by atomic mass is 9.85. The van der Waals surface area contributed by atoms with Crippen LogP contribution >= 0.6 is 0 Å². The summed E-state index contributed by atoms with van der Waals surface area (Å²) in [6.07, 6.45) is 0. The molecule has 34 heavy (non-hydrogen) atoms. The Balaban J connectivity index is 2.08. The minimum Gasteiger partial charge on any atom is -0.504 e. The van der Waals surface area contributed by atoms with Gasteiger partial charge in [-0.15, -0.1) is 0 Å². The molecule has 3 rings (SSSR count). The quantitative estimate of drug-likeness (QED) is 0.312. The molecular weight excluding hydrogens is 436 g/mol. The van der Waals surface area contributed by atoms with Crippen LogP contribution in [-0.2, 0) is 9.59 Å². The highest BCUT2D eigenvalue weighted by Gasteiger charge is 2.52. The lowest BCUT2D eigenvalue weighted by Gasteiger charge is -2.29. The molecule has 1 aliphatic heterocycles. The second-order valence-corrected chi connectivity index (χ2v) is 8.47. The van der Waals surface area contributed by atoms with Gasteiger partial charge in [0.1, 0.15) is 11.7 Å². The van der Waals surface area contributed by atoms with E-state index in [2.05, 4.69) is 13.8 Å². The third-order valence-corrected chi connectivity index (χ3v) is 6.64. The number of nitrogens with one attached hydrogen (secondary N) is 1. The van der Waals surface area contributed by atoms with Crippen LogP contribution in [0.4, 0.5) is 0 Å². The second kappa shape index (κ2) is 10.7. The standard InChI is InChI=1S/C26H32N2O6/c1-6-27(7-2)12-13-28-23(17-8-11-20(29)21(15-17)34-5)22(25(31)26(28)32)24(30)19-10-9-18(33-4)14-16(19)3/h8-11,14-15,22-23,29H,6-7,12-13H2,1-5H3/p+1. The molecule has 1 fully saturated rings. The molecule has 8 nitrogen and oxygen atoms in total. The van der Waals surface area contributed by atoms with Gasteiger partial charge in [-0.3, -0.25) is 14.4 Å². The normalized spacial score (nSPS) is 18.0. The number of carbonyl (C=O) groups excluding carboxylic acids is 3. The van der Waals surface area contributed by atoms with Gasteiger partial charge in [0.25, 0.3) is 5.91 Å². The van der Waals surface area contributed by atoms with Crippen molar-refractivity contribution in [1.82, 2.24) is 4.90 Å². The molecule has 1 amide bonds. The van der Waals surface area contributed by atoms with Gasteiger partial charge in [-0.25, -0.2) is 0 Å². The van der Waals surface area contributed by atoms with Crippen molar-refractivity contribution in [3.8, 4) is 17.2 Å². The fourth-order valence-corrected chi connectivity index (χ4v) is 4.57. The largest absolute Gasteiger partial charge is 0.504 e. The van der Waals surface area contributed by atoms with Crippen LogP contribution < -0.4 is 14.4 Å². The van der Waals surface area contributed by atoms with E-state index < -0.39 is 29.4 Å². The van der Waals surface area contributed by atoms with Crippen molar-refractivity contribution >= 4 is 17.5 Å². The number of aryl methyl sites for hydroxylation is 1. The number of hydrogen-bond donors (Lipinski definition) is 2. The van der Waals surface area contributed by atoms with E-state index >= 15 is 0 Å². The molecule has 182 valence electrons. The molecular formula is C26H33N2O6+. The van der Waals surface area contributed by atoms with Crippen molar-refractivity contribution in [3.05, 3.63) is 53.1 Å². The van der Waals surface area contributed by atoms with Crippen LogP contribution in [-0.4, -0.2) is 67.9 Å². The van der Waals surface area contributed by atoms with Gasteiger partial charge in [0, 0.05) is 5.56 Å². The van der Waals surface area contributed by atoms with E-state index in [-0.39, 0.29) is 11.5 Å². The molecule has 1 aliphatic rings.